The highest BCUT2D eigenvalue weighted by Crippen LogP contribution is 2.21. The van der Waals surface area contributed by atoms with E-state index in [0.29, 0.717) is 31.0 Å². The fraction of sp³-hybridized carbons (Fsp3) is 0.450. The van der Waals surface area contributed by atoms with Crippen LogP contribution in [0.25, 0.3) is 0 Å². The Kier molecular flexibility index (Phi) is 10.2. The van der Waals surface area contributed by atoms with E-state index in [4.69, 9.17) is 9.15 Å². The second-order valence-corrected chi connectivity index (χ2v) is 6.42. The Morgan fingerprint density at radius 2 is 2.07 bits per heavy atom. The number of para-hydroxylation sites is 1. The lowest BCUT2D eigenvalue weighted by Gasteiger charge is -2.16. The molecule has 0 aliphatic carbocycles. The van der Waals surface area contributed by atoms with E-state index in [0.717, 1.165) is 25.2 Å². The molecule has 1 aliphatic rings. The summed E-state index contributed by atoms with van der Waals surface area (Å²) in [7, 11) is 0. The van der Waals surface area contributed by atoms with Gasteiger partial charge in [0.2, 0.25) is 0 Å². The maximum Gasteiger partial charge on any atom is 0.387 e. The zero-order chi connectivity index (χ0) is 19.6. The number of furan rings is 1. The quantitative estimate of drug-likeness (QED) is 0.297. The molecule has 1 atom stereocenters. The van der Waals surface area contributed by atoms with Crippen LogP contribution in [0.4, 0.5) is 8.78 Å². The number of rotatable bonds is 9. The largest absolute Gasteiger partial charge is 0.469 e. The molecular formula is C20H26F2IN3O3. The fourth-order valence-corrected chi connectivity index (χ4v) is 2.96. The van der Waals surface area contributed by atoms with E-state index in [2.05, 4.69) is 20.4 Å². The second kappa shape index (κ2) is 12.6. The van der Waals surface area contributed by atoms with Gasteiger partial charge in [0.15, 0.2) is 5.96 Å². The summed E-state index contributed by atoms with van der Waals surface area (Å²) < 4.78 is 40.7. The number of guanidine groups is 1. The van der Waals surface area contributed by atoms with Gasteiger partial charge in [-0.1, -0.05) is 18.2 Å². The van der Waals surface area contributed by atoms with Gasteiger partial charge in [0.05, 0.1) is 18.9 Å². The summed E-state index contributed by atoms with van der Waals surface area (Å²) in [6, 6.07) is 10.4. The molecule has 2 heterocycles. The summed E-state index contributed by atoms with van der Waals surface area (Å²) in [6.07, 6.45) is 4.57. The first-order valence-corrected chi connectivity index (χ1v) is 9.39. The van der Waals surface area contributed by atoms with Crippen molar-refractivity contribution in [1.29, 1.82) is 0 Å². The van der Waals surface area contributed by atoms with Gasteiger partial charge in [0.25, 0.3) is 0 Å². The van der Waals surface area contributed by atoms with Crippen LogP contribution in [0.3, 0.4) is 0 Å². The Morgan fingerprint density at radius 1 is 1.21 bits per heavy atom. The van der Waals surface area contributed by atoms with E-state index in [1.54, 1.807) is 24.5 Å². The summed E-state index contributed by atoms with van der Waals surface area (Å²) in [4.78, 5) is 4.53. The third-order valence-electron chi connectivity index (χ3n) is 4.36. The van der Waals surface area contributed by atoms with Crippen LogP contribution in [0, 0.1) is 0 Å². The standard InChI is InChI=1S/C20H25F2N3O3.HI/c21-19(22)28-18-8-2-1-5-15(18)13-24-20(25-14-17-7-4-12-27-17)23-10-9-16-6-3-11-26-16;/h1-3,5-6,8,11,17,19H,4,7,9-10,12-14H2,(H2,23,24,25);1H. The van der Waals surface area contributed by atoms with E-state index >= 15 is 0 Å². The van der Waals surface area contributed by atoms with Gasteiger partial charge >= 0.3 is 6.61 Å². The number of hydrogen-bond acceptors (Lipinski definition) is 4. The molecule has 1 aromatic heterocycles. The molecule has 1 aromatic carbocycles. The molecule has 2 N–H and O–H groups in total. The molecule has 1 unspecified atom stereocenters. The van der Waals surface area contributed by atoms with E-state index in [1.165, 1.54) is 6.07 Å². The maximum atomic E-state index is 12.6. The molecule has 1 aliphatic heterocycles. The van der Waals surface area contributed by atoms with Crippen LogP contribution < -0.4 is 15.4 Å². The molecule has 1 saturated heterocycles. The molecule has 9 heteroatoms. The minimum Gasteiger partial charge on any atom is -0.469 e. The smallest absolute Gasteiger partial charge is 0.387 e. The molecule has 0 radical (unpaired) electrons. The Labute approximate surface area is 186 Å². The third-order valence-corrected chi connectivity index (χ3v) is 4.36. The van der Waals surface area contributed by atoms with Crippen LogP contribution in [0.2, 0.25) is 0 Å². The highest BCUT2D eigenvalue weighted by molar-refractivity contribution is 14.0. The minimum atomic E-state index is -2.87. The lowest BCUT2D eigenvalue weighted by atomic mass is 10.2. The average Bonchev–Trinajstić information content (AvgIpc) is 3.38. The molecule has 0 spiro atoms. The lowest BCUT2D eigenvalue weighted by molar-refractivity contribution is -0.0504. The van der Waals surface area contributed by atoms with Gasteiger partial charge in [-0.2, -0.15) is 8.78 Å². The van der Waals surface area contributed by atoms with Crippen molar-refractivity contribution in [3.63, 3.8) is 0 Å². The lowest BCUT2D eigenvalue weighted by Crippen LogP contribution is -2.41. The molecule has 2 aromatic rings. The number of benzene rings is 1. The van der Waals surface area contributed by atoms with Crippen molar-refractivity contribution in [2.75, 3.05) is 19.7 Å². The molecule has 0 amide bonds. The van der Waals surface area contributed by atoms with Gasteiger partial charge in [-0.05, 0) is 31.0 Å². The van der Waals surface area contributed by atoms with Gasteiger partial charge in [0, 0.05) is 31.7 Å². The van der Waals surface area contributed by atoms with Crippen LogP contribution in [0.1, 0.15) is 24.2 Å². The maximum absolute atomic E-state index is 12.6. The van der Waals surface area contributed by atoms with E-state index in [9.17, 15) is 8.78 Å². The van der Waals surface area contributed by atoms with Crippen molar-refractivity contribution >= 4 is 29.9 Å². The summed E-state index contributed by atoms with van der Waals surface area (Å²) in [5, 5.41) is 6.51. The van der Waals surface area contributed by atoms with Crippen LogP contribution >= 0.6 is 24.0 Å². The number of halogens is 3. The van der Waals surface area contributed by atoms with Crippen LogP contribution in [-0.4, -0.2) is 38.4 Å². The number of nitrogens with one attached hydrogen (secondary N) is 2. The SMILES string of the molecule is FC(F)Oc1ccccc1CN=C(NCCc1ccco1)NCC1CCCO1.I. The summed E-state index contributed by atoms with van der Waals surface area (Å²) in [5.41, 5.74) is 0.590. The van der Waals surface area contributed by atoms with Crippen molar-refractivity contribution in [2.24, 2.45) is 4.99 Å². The average molecular weight is 521 g/mol. The zero-order valence-corrected chi connectivity index (χ0v) is 18.3. The Balaban J connectivity index is 0.00000300. The number of alkyl halides is 2. The predicted molar refractivity (Wildman–Crippen MR) is 117 cm³/mol. The highest BCUT2D eigenvalue weighted by atomic mass is 127. The van der Waals surface area contributed by atoms with Crippen LogP contribution in [-0.2, 0) is 17.7 Å². The first-order valence-electron chi connectivity index (χ1n) is 9.39. The fourth-order valence-electron chi connectivity index (χ4n) is 2.96. The Morgan fingerprint density at radius 3 is 2.79 bits per heavy atom. The van der Waals surface area contributed by atoms with Gasteiger partial charge < -0.3 is 24.5 Å². The van der Waals surface area contributed by atoms with Gasteiger partial charge in [-0.3, -0.25) is 0 Å². The first kappa shape index (κ1) is 23.4. The molecule has 1 fully saturated rings. The topological polar surface area (TPSA) is 68.0 Å². The molecule has 160 valence electrons. The van der Waals surface area contributed by atoms with E-state index < -0.39 is 6.61 Å². The number of aliphatic imine (C=N–C) groups is 1. The zero-order valence-electron chi connectivity index (χ0n) is 16.0. The number of nitrogens with zero attached hydrogens (tertiary/aromatic N) is 1. The van der Waals surface area contributed by atoms with Gasteiger partial charge in [-0.25, -0.2) is 4.99 Å². The third kappa shape index (κ3) is 8.17. The Bertz CT molecular complexity index is 738. The first-order chi connectivity index (χ1) is 13.7. The highest BCUT2D eigenvalue weighted by Gasteiger charge is 2.16. The van der Waals surface area contributed by atoms with Gasteiger partial charge in [0.1, 0.15) is 11.5 Å². The molecule has 3 rings (SSSR count). The molecular weight excluding hydrogens is 495 g/mol. The van der Waals surface area contributed by atoms with Crippen molar-refractivity contribution in [3.05, 3.63) is 54.0 Å². The van der Waals surface area contributed by atoms with Crippen molar-refractivity contribution < 1.29 is 22.7 Å². The summed E-state index contributed by atoms with van der Waals surface area (Å²) in [6.45, 7) is -0.608. The number of hydrogen-bond donors (Lipinski definition) is 2. The van der Waals surface area contributed by atoms with Gasteiger partial charge in [-0.15, -0.1) is 24.0 Å². The molecule has 0 saturated carbocycles. The second-order valence-electron chi connectivity index (χ2n) is 6.42. The van der Waals surface area contributed by atoms with Crippen molar-refractivity contribution in [3.8, 4) is 5.75 Å². The predicted octanol–water partition coefficient (Wildman–Crippen LogP) is 3.96. The molecule has 0 bridgehead atoms. The van der Waals surface area contributed by atoms with E-state index in [-0.39, 0.29) is 42.4 Å². The molecule has 29 heavy (non-hydrogen) atoms. The van der Waals surface area contributed by atoms with Crippen molar-refractivity contribution in [2.45, 2.75) is 38.5 Å². The van der Waals surface area contributed by atoms with E-state index in [1.807, 2.05) is 12.1 Å². The Hall–Kier alpha value is -1.88. The normalized spacial score (nSPS) is 16.5. The van der Waals surface area contributed by atoms with Crippen LogP contribution in [0.15, 0.2) is 52.1 Å². The molecule has 6 nitrogen and oxygen atoms in total. The summed E-state index contributed by atoms with van der Waals surface area (Å²) in [5.74, 6) is 1.60. The van der Waals surface area contributed by atoms with Crippen molar-refractivity contribution in [1.82, 2.24) is 10.6 Å². The monoisotopic (exact) mass is 521 g/mol. The van der Waals surface area contributed by atoms with Crippen LogP contribution in [0.5, 0.6) is 5.75 Å². The minimum absolute atomic E-state index is 0. The number of ether oxygens (including phenoxy) is 2. The summed E-state index contributed by atoms with van der Waals surface area (Å²) >= 11 is 0.